The first-order valence-corrected chi connectivity index (χ1v) is 11.8. The number of furan rings is 1. The van der Waals surface area contributed by atoms with Crippen molar-refractivity contribution in [1.82, 2.24) is 15.5 Å². The van der Waals surface area contributed by atoms with Gasteiger partial charge in [-0.25, -0.2) is 0 Å². The molecule has 2 aromatic heterocycles. The summed E-state index contributed by atoms with van der Waals surface area (Å²) in [5.74, 6) is 2.40. The van der Waals surface area contributed by atoms with Crippen molar-refractivity contribution in [1.29, 1.82) is 0 Å². The Labute approximate surface area is 177 Å². The van der Waals surface area contributed by atoms with Gasteiger partial charge in [0.25, 0.3) is 0 Å². The number of rotatable bonds is 9. The molecule has 0 fully saturated rings. The summed E-state index contributed by atoms with van der Waals surface area (Å²) in [6.07, 6.45) is 1.60. The number of hydrogen-bond acceptors (Lipinski definition) is 7. The zero-order valence-electron chi connectivity index (χ0n) is 16.0. The highest BCUT2D eigenvalue weighted by molar-refractivity contribution is 8.03. The summed E-state index contributed by atoms with van der Waals surface area (Å²) in [6.45, 7) is 6.29. The lowest BCUT2D eigenvalue weighted by molar-refractivity contribution is -0.119. The number of benzene rings is 1. The third-order valence-corrected chi connectivity index (χ3v) is 7.33. The zero-order chi connectivity index (χ0) is 19.9. The third-order valence-electron chi connectivity index (χ3n) is 4.07. The first-order chi connectivity index (χ1) is 13.5. The Balaban J connectivity index is 1.43. The van der Waals surface area contributed by atoms with E-state index < -0.39 is 0 Å². The lowest BCUT2D eigenvalue weighted by Gasteiger charge is -2.10. The van der Waals surface area contributed by atoms with E-state index in [9.17, 15) is 4.79 Å². The van der Waals surface area contributed by atoms with Crippen molar-refractivity contribution in [3.05, 3.63) is 59.5 Å². The van der Waals surface area contributed by atoms with Crippen LogP contribution in [-0.4, -0.2) is 21.9 Å². The Kier molecular flexibility index (Phi) is 7.58. The summed E-state index contributed by atoms with van der Waals surface area (Å²) in [6, 6.07) is 12.2. The molecule has 0 saturated heterocycles. The SMILES string of the molecule is CC(C)c1ccc(CSc2nnc(SCC(=O)NC(C)c3ccco3)s2)cc1. The summed E-state index contributed by atoms with van der Waals surface area (Å²) in [5, 5.41) is 11.3. The topological polar surface area (TPSA) is 68.0 Å². The monoisotopic (exact) mass is 433 g/mol. The number of nitrogens with one attached hydrogen (secondary N) is 1. The minimum Gasteiger partial charge on any atom is -0.467 e. The van der Waals surface area contributed by atoms with Crippen molar-refractivity contribution in [2.24, 2.45) is 0 Å². The molecule has 3 aromatic rings. The van der Waals surface area contributed by atoms with Gasteiger partial charge in [-0.05, 0) is 36.1 Å². The van der Waals surface area contributed by atoms with E-state index in [0.717, 1.165) is 20.2 Å². The van der Waals surface area contributed by atoms with E-state index in [-0.39, 0.29) is 11.9 Å². The predicted octanol–water partition coefficient (Wildman–Crippen LogP) is 5.52. The second-order valence-electron chi connectivity index (χ2n) is 6.61. The van der Waals surface area contributed by atoms with Gasteiger partial charge in [-0.1, -0.05) is 73.0 Å². The molecule has 8 heteroatoms. The van der Waals surface area contributed by atoms with Gasteiger partial charge in [0, 0.05) is 5.75 Å². The van der Waals surface area contributed by atoms with E-state index in [0.29, 0.717) is 11.7 Å². The van der Waals surface area contributed by atoms with Crippen LogP contribution >= 0.6 is 34.9 Å². The lowest BCUT2D eigenvalue weighted by atomic mass is 10.0. The molecule has 1 aromatic carbocycles. The van der Waals surface area contributed by atoms with Gasteiger partial charge in [0.05, 0.1) is 18.1 Å². The van der Waals surface area contributed by atoms with E-state index >= 15 is 0 Å². The van der Waals surface area contributed by atoms with Crippen LogP contribution in [0.1, 0.15) is 49.6 Å². The number of aromatic nitrogens is 2. The van der Waals surface area contributed by atoms with Crippen molar-refractivity contribution in [2.75, 3.05) is 5.75 Å². The molecule has 28 heavy (non-hydrogen) atoms. The van der Waals surface area contributed by atoms with Gasteiger partial charge in [-0.3, -0.25) is 4.79 Å². The fourth-order valence-electron chi connectivity index (χ4n) is 2.48. The van der Waals surface area contributed by atoms with E-state index in [1.54, 1.807) is 18.0 Å². The third kappa shape index (κ3) is 6.12. The summed E-state index contributed by atoms with van der Waals surface area (Å²) in [7, 11) is 0. The minimum absolute atomic E-state index is 0.0523. The molecular weight excluding hydrogens is 410 g/mol. The Morgan fingerprint density at radius 1 is 1.11 bits per heavy atom. The second kappa shape index (κ2) is 10.1. The molecule has 1 unspecified atom stereocenters. The normalized spacial score (nSPS) is 12.3. The first kappa shape index (κ1) is 21.0. The van der Waals surface area contributed by atoms with E-state index in [1.807, 2.05) is 19.1 Å². The number of nitrogens with zero attached hydrogens (tertiary/aromatic N) is 2. The standard InChI is InChI=1S/C20H23N3O2S3/c1-13(2)16-8-6-15(7-9-16)11-26-19-22-23-20(28-19)27-12-18(24)21-14(3)17-5-4-10-25-17/h4-10,13-14H,11-12H2,1-3H3,(H,21,24). The maximum absolute atomic E-state index is 12.1. The fraction of sp³-hybridized carbons (Fsp3) is 0.350. The van der Waals surface area contributed by atoms with Gasteiger partial charge in [-0.15, -0.1) is 10.2 Å². The van der Waals surface area contributed by atoms with Crippen LogP contribution in [0, 0.1) is 0 Å². The molecule has 0 aliphatic rings. The van der Waals surface area contributed by atoms with E-state index in [4.69, 9.17) is 4.42 Å². The number of hydrogen-bond donors (Lipinski definition) is 1. The molecule has 1 atom stereocenters. The van der Waals surface area contributed by atoms with Gasteiger partial charge in [-0.2, -0.15) is 0 Å². The maximum Gasteiger partial charge on any atom is 0.231 e. The highest BCUT2D eigenvalue weighted by atomic mass is 32.2. The molecule has 1 amide bonds. The van der Waals surface area contributed by atoms with Crippen LogP contribution < -0.4 is 5.32 Å². The molecule has 0 spiro atoms. The Hall–Kier alpha value is -1.77. The molecule has 0 radical (unpaired) electrons. The van der Waals surface area contributed by atoms with E-state index in [2.05, 4.69) is 53.6 Å². The summed E-state index contributed by atoms with van der Waals surface area (Å²) < 4.78 is 7.02. The molecule has 1 N–H and O–H groups in total. The molecule has 0 bridgehead atoms. The van der Waals surface area contributed by atoms with Crippen LogP contribution in [0.2, 0.25) is 0 Å². The van der Waals surface area contributed by atoms with Gasteiger partial charge >= 0.3 is 0 Å². The lowest BCUT2D eigenvalue weighted by Crippen LogP contribution is -2.27. The average Bonchev–Trinajstić information content (AvgIpc) is 3.37. The van der Waals surface area contributed by atoms with Crippen molar-refractivity contribution < 1.29 is 9.21 Å². The van der Waals surface area contributed by atoms with Crippen LogP contribution in [-0.2, 0) is 10.5 Å². The molecule has 0 aliphatic heterocycles. The number of carbonyl (C=O) groups is 1. The van der Waals surface area contributed by atoms with Crippen LogP contribution in [0.15, 0.2) is 55.8 Å². The van der Waals surface area contributed by atoms with Crippen LogP contribution in [0.3, 0.4) is 0 Å². The van der Waals surface area contributed by atoms with Gasteiger partial charge in [0.1, 0.15) is 5.76 Å². The maximum atomic E-state index is 12.1. The zero-order valence-corrected chi connectivity index (χ0v) is 18.5. The minimum atomic E-state index is -0.147. The molecule has 148 valence electrons. The van der Waals surface area contributed by atoms with Gasteiger partial charge in [0.2, 0.25) is 5.91 Å². The second-order valence-corrected chi connectivity index (χ2v) is 10.0. The molecule has 5 nitrogen and oxygen atoms in total. The summed E-state index contributed by atoms with van der Waals surface area (Å²) >= 11 is 4.60. The van der Waals surface area contributed by atoms with Crippen molar-refractivity contribution in [3.8, 4) is 0 Å². The molecule has 3 rings (SSSR count). The molecular formula is C20H23N3O2S3. The molecule has 0 aliphatic carbocycles. The smallest absolute Gasteiger partial charge is 0.231 e. The predicted molar refractivity (Wildman–Crippen MR) is 116 cm³/mol. The largest absolute Gasteiger partial charge is 0.467 e. The number of carbonyl (C=O) groups excluding carboxylic acids is 1. The Bertz CT molecular complexity index is 877. The number of amides is 1. The van der Waals surface area contributed by atoms with Crippen molar-refractivity contribution >= 4 is 40.8 Å². The van der Waals surface area contributed by atoms with Crippen molar-refractivity contribution in [3.63, 3.8) is 0 Å². The van der Waals surface area contributed by atoms with Crippen molar-refractivity contribution in [2.45, 2.75) is 47.2 Å². The summed E-state index contributed by atoms with van der Waals surface area (Å²) in [4.78, 5) is 12.1. The van der Waals surface area contributed by atoms with E-state index in [1.165, 1.54) is 34.2 Å². The van der Waals surface area contributed by atoms with Crippen LogP contribution in [0.5, 0.6) is 0 Å². The molecule has 0 saturated carbocycles. The number of thioether (sulfide) groups is 2. The average molecular weight is 434 g/mol. The molecule has 2 heterocycles. The Morgan fingerprint density at radius 2 is 1.82 bits per heavy atom. The Morgan fingerprint density at radius 3 is 2.46 bits per heavy atom. The highest BCUT2D eigenvalue weighted by Crippen LogP contribution is 2.31. The van der Waals surface area contributed by atoms with Gasteiger partial charge < -0.3 is 9.73 Å². The first-order valence-electron chi connectivity index (χ1n) is 9.02. The highest BCUT2D eigenvalue weighted by Gasteiger charge is 2.13. The quantitative estimate of drug-likeness (QED) is 0.448. The fourth-order valence-corrected chi connectivity index (χ4v) is 5.26. The summed E-state index contributed by atoms with van der Waals surface area (Å²) in [5.41, 5.74) is 2.62. The van der Waals surface area contributed by atoms with Gasteiger partial charge in [0.15, 0.2) is 8.68 Å². The van der Waals surface area contributed by atoms with Crippen LogP contribution in [0.25, 0.3) is 0 Å². The van der Waals surface area contributed by atoms with Crippen LogP contribution in [0.4, 0.5) is 0 Å².